The van der Waals surface area contributed by atoms with Crippen molar-refractivity contribution in [2.75, 3.05) is 20.7 Å². The molecule has 19 heavy (non-hydrogen) atoms. The molecule has 3 nitrogen and oxygen atoms in total. The molecule has 1 aliphatic rings. The van der Waals surface area contributed by atoms with Gasteiger partial charge in [-0.15, -0.1) is 11.6 Å². The van der Waals surface area contributed by atoms with Crippen molar-refractivity contribution in [1.82, 2.24) is 4.90 Å². The average molecular weight is 282 g/mol. The van der Waals surface area contributed by atoms with Gasteiger partial charge >= 0.3 is 0 Å². The molecular formula is C15H20ClNO2. The van der Waals surface area contributed by atoms with Gasteiger partial charge in [0.1, 0.15) is 5.75 Å². The van der Waals surface area contributed by atoms with E-state index in [9.17, 15) is 4.79 Å². The molecule has 0 aromatic heterocycles. The molecule has 0 unspecified atom stereocenters. The Morgan fingerprint density at radius 1 is 1.47 bits per heavy atom. The van der Waals surface area contributed by atoms with Crippen molar-refractivity contribution in [2.45, 2.75) is 25.1 Å². The zero-order valence-corrected chi connectivity index (χ0v) is 12.4. The highest BCUT2D eigenvalue weighted by atomic mass is 35.5. The fourth-order valence-corrected chi connectivity index (χ4v) is 2.95. The van der Waals surface area contributed by atoms with E-state index in [1.165, 1.54) is 0 Å². The molecule has 0 aliphatic heterocycles. The van der Waals surface area contributed by atoms with Crippen LogP contribution in [0.4, 0.5) is 0 Å². The molecule has 1 aromatic carbocycles. The van der Waals surface area contributed by atoms with E-state index in [-0.39, 0.29) is 5.91 Å². The highest BCUT2D eigenvalue weighted by Gasteiger charge is 2.29. The average Bonchev–Trinajstić information content (AvgIpc) is 2.36. The molecule has 2 rings (SSSR count). The Morgan fingerprint density at radius 2 is 2.16 bits per heavy atom. The molecule has 0 atom stereocenters. The van der Waals surface area contributed by atoms with Crippen LogP contribution in [0.25, 0.3) is 0 Å². The largest absolute Gasteiger partial charge is 0.496 e. The number of amides is 1. The fraction of sp³-hybridized carbons (Fsp3) is 0.533. The van der Waals surface area contributed by atoms with Gasteiger partial charge in [0.15, 0.2) is 0 Å². The van der Waals surface area contributed by atoms with E-state index in [1.54, 1.807) is 18.1 Å². The van der Waals surface area contributed by atoms with Gasteiger partial charge < -0.3 is 9.64 Å². The molecule has 0 saturated heterocycles. The summed E-state index contributed by atoms with van der Waals surface area (Å²) in [6, 6.07) is 5.57. The lowest BCUT2D eigenvalue weighted by Crippen LogP contribution is -2.37. The summed E-state index contributed by atoms with van der Waals surface area (Å²) in [7, 11) is 3.46. The number of rotatable bonds is 4. The Balaban J connectivity index is 2.02. The second-order valence-corrected chi connectivity index (χ2v) is 5.92. The third-order valence-corrected chi connectivity index (χ3v) is 4.07. The zero-order valence-electron chi connectivity index (χ0n) is 11.6. The Kier molecular flexibility index (Phi) is 4.35. The molecule has 1 saturated carbocycles. The van der Waals surface area contributed by atoms with E-state index in [0.29, 0.717) is 16.9 Å². The van der Waals surface area contributed by atoms with Gasteiger partial charge in [-0.1, -0.05) is 6.07 Å². The number of halogens is 1. The van der Waals surface area contributed by atoms with E-state index in [2.05, 4.69) is 0 Å². The normalized spacial score (nSPS) is 21.7. The number of methoxy groups -OCH3 is 1. The first kappa shape index (κ1) is 14.2. The summed E-state index contributed by atoms with van der Waals surface area (Å²) in [5.41, 5.74) is 1.71. The summed E-state index contributed by atoms with van der Waals surface area (Å²) in [5.74, 6) is 1.34. The lowest BCUT2D eigenvalue weighted by molar-refractivity contribution is 0.0746. The summed E-state index contributed by atoms with van der Waals surface area (Å²) in [6.07, 6.45) is 2.02. The first-order chi connectivity index (χ1) is 9.01. The summed E-state index contributed by atoms with van der Waals surface area (Å²) in [4.78, 5) is 14.1. The SMILES string of the molecule is COc1cc(C(=O)N(C)CC2CC(Cl)C2)ccc1C. The second kappa shape index (κ2) is 5.83. The van der Waals surface area contributed by atoms with E-state index >= 15 is 0 Å². The summed E-state index contributed by atoms with van der Waals surface area (Å²) in [6.45, 7) is 2.74. The van der Waals surface area contributed by atoms with Crippen molar-refractivity contribution in [2.24, 2.45) is 5.92 Å². The maximum Gasteiger partial charge on any atom is 0.253 e. The summed E-state index contributed by atoms with van der Waals surface area (Å²) < 4.78 is 5.25. The van der Waals surface area contributed by atoms with E-state index in [0.717, 1.165) is 30.7 Å². The molecule has 1 fully saturated rings. The van der Waals surface area contributed by atoms with E-state index in [1.807, 2.05) is 26.1 Å². The van der Waals surface area contributed by atoms with Crippen LogP contribution in [0.15, 0.2) is 18.2 Å². The number of ether oxygens (including phenoxy) is 1. The van der Waals surface area contributed by atoms with Crippen molar-refractivity contribution in [1.29, 1.82) is 0 Å². The molecular weight excluding hydrogens is 262 g/mol. The number of alkyl halides is 1. The van der Waals surface area contributed by atoms with Crippen molar-refractivity contribution in [3.8, 4) is 5.75 Å². The third-order valence-electron chi connectivity index (χ3n) is 3.71. The standard InChI is InChI=1S/C15H20ClNO2/c1-10-4-5-12(8-14(10)19-3)15(18)17(2)9-11-6-13(16)7-11/h4-5,8,11,13H,6-7,9H2,1-3H3. The van der Waals surface area contributed by atoms with Gasteiger partial charge in [-0.2, -0.15) is 0 Å². The Bertz CT molecular complexity index is 469. The molecule has 4 heteroatoms. The molecule has 1 aliphatic carbocycles. The van der Waals surface area contributed by atoms with Crippen molar-refractivity contribution < 1.29 is 9.53 Å². The highest BCUT2D eigenvalue weighted by Crippen LogP contribution is 2.32. The van der Waals surface area contributed by atoms with Gasteiger partial charge in [-0.25, -0.2) is 0 Å². The first-order valence-corrected chi connectivity index (χ1v) is 6.99. The third kappa shape index (κ3) is 3.21. The smallest absolute Gasteiger partial charge is 0.253 e. The predicted octanol–water partition coefficient (Wildman–Crippen LogP) is 3.09. The van der Waals surface area contributed by atoms with Crippen LogP contribution in [0.2, 0.25) is 0 Å². The van der Waals surface area contributed by atoms with E-state index < -0.39 is 0 Å². The van der Waals surface area contributed by atoms with Crippen LogP contribution >= 0.6 is 11.6 Å². The molecule has 0 N–H and O–H groups in total. The molecule has 0 heterocycles. The Morgan fingerprint density at radius 3 is 2.74 bits per heavy atom. The number of hydrogen-bond donors (Lipinski definition) is 0. The first-order valence-electron chi connectivity index (χ1n) is 6.55. The zero-order chi connectivity index (χ0) is 14.0. The minimum atomic E-state index is 0.0383. The lowest BCUT2D eigenvalue weighted by Gasteiger charge is -2.34. The van der Waals surface area contributed by atoms with Crippen LogP contribution in [0.5, 0.6) is 5.75 Å². The minimum absolute atomic E-state index is 0.0383. The monoisotopic (exact) mass is 281 g/mol. The quantitative estimate of drug-likeness (QED) is 0.794. The second-order valence-electron chi connectivity index (χ2n) is 5.30. The van der Waals surface area contributed by atoms with Gasteiger partial charge in [0, 0.05) is 24.5 Å². The van der Waals surface area contributed by atoms with Gasteiger partial charge in [-0.3, -0.25) is 4.79 Å². The number of carbonyl (C=O) groups is 1. The number of nitrogens with zero attached hydrogens (tertiary/aromatic N) is 1. The van der Waals surface area contributed by atoms with Crippen molar-refractivity contribution >= 4 is 17.5 Å². The van der Waals surface area contributed by atoms with Crippen LogP contribution in [-0.4, -0.2) is 36.9 Å². The van der Waals surface area contributed by atoms with Gasteiger partial charge in [0.05, 0.1) is 7.11 Å². The van der Waals surface area contributed by atoms with Gasteiger partial charge in [0.25, 0.3) is 5.91 Å². The Labute approximate surface area is 119 Å². The number of carbonyl (C=O) groups excluding carboxylic acids is 1. The number of benzene rings is 1. The molecule has 104 valence electrons. The number of aryl methyl sites for hydroxylation is 1. The molecule has 1 amide bonds. The molecule has 1 aromatic rings. The van der Waals surface area contributed by atoms with Crippen LogP contribution in [0.3, 0.4) is 0 Å². The topological polar surface area (TPSA) is 29.5 Å². The molecule has 0 spiro atoms. The predicted molar refractivity (Wildman–Crippen MR) is 77.1 cm³/mol. The van der Waals surface area contributed by atoms with Gasteiger partial charge in [0.2, 0.25) is 0 Å². The van der Waals surface area contributed by atoms with Crippen LogP contribution in [-0.2, 0) is 0 Å². The van der Waals surface area contributed by atoms with Crippen molar-refractivity contribution in [3.05, 3.63) is 29.3 Å². The fourth-order valence-electron chi connectivity index (χ4n) is 2.45. The minimum Gasteiger partial charge on any atom is -0.496 e. The van der Waals surface area contributed by atoms with Crippen molar-refractivity contribution in [3.63, 3.8) is 0 Å². The van der Waals surface area contributed by atoms with Crippen LogP contribution in [0, 0.1) is 12.8 Å². The molecule has 0 radical (unpaired) electrons. The van der Waals surface area contributed by atoms with Crippen LogP contribution in [0.1, 0.15) is 28.8 Å². The van der Waals surface area contributed by atoms with Crippen LogP contribution < -0.4 is 4.74 Å². The van der Waals surface area contributed by atoms with E-state index in [4.69, 9.17) is 16.3 Å². The maximum atomic E-state index is 12.3. The molecule has 0 bridgehead atoms. The highest BCUT2D eigenvalue weighted by molar-refractivity contribution is 6.21. The number of hydrogen-bond acceptors (Lipinski definition) is 2. The summed E-state index contributed by atoms with van der Waals surface area (Å²) in [5, 5.41) is 0.299. The van der Waals surface area contributed by atoms with Gasteiger partial charge in [-0.05, 0) is 43.4 Å². The summed E-state index contributed by atoms with van der Waals surface area (Å²) >= 11 is 5.96. The maximum absolute atomic E-state index is 12.3. The Hall–Kier alpha value is -1.22. The lowest BCUT2D eigenvalue weighted by atomic mass is 9.84.